The molecule has 0 spiro atoms. The summed E-state index contributed by atoms with van der Waals surface area (Å²) in [5.74, 6) is 2.46. The quantitative estimate of drug-likeness (QED) is 0.642. The van der Waals surface area contributed by atoms with Crippen LogP contribution in [0.5, 0.6) is 11.6 Å². The maximum absolute atomic E-state index is 12.9. The maximum atomic E-state index is 12.9. The van der Waals surface area contributed by atoms with Crippen LogP contribution in [0.2, 0.25) is 0 Å². The summed E-state index contributed by atoms with van der Waals surface area (Å²) in [6, 6.07) is 11.4. The molecular weight excluding hydrogens is 384 g/mol. The van der Waals surface area contributed by atoms with Crippen LogP contribution in [-0.4, -0.2) is 45.7 Å². The highest BCUT2D eigenvalue weighted by Crippen LogP contribution is 2.36. The molecule has 1 saturated carbocycles. The minimum Gasteiger partial charge on any atom is -0.485 e. The third-order valence-corrected chi connectivity index (χ3v) is 5.17. The van der Waals surface area contributed by atoms with Crippen molar-refractivity contribution in [3.63, 3.8) is 0 Å². The third-order valence-electron chi connectivity index (χ3n) is 5.17. The Balaban J connectivity index is 1.50. The molecule has 3 heterocycles. The first-order valence-corrected chi connectivity index (χ1v) is 10.1. The zero-order chi connectivity index (χ0) is 20.5. The maximum Gasteiger partial charge on any atom is 0.276 e. The van der Waals surface area contributed by atoms with Crippen molar-refractivity contribution in [2.45, 2.75) is 26.3 Å². The summed E-state index contributed by atoms with van der Waals surface area (Å²) in [4.78, 5) is 23.9. The van der Waals surface area contributed by atoms with E-state index in [1.54, 1.807) is 17.9 Å². The number of hydrogen-bond acceptors (Lipinski definition) is 7. The van der Waals surface area contributed by atoms with Gasteiger partial charge in [0.2, 0.25) is 5.75 Å². The van der Waals surface area contributed by atoms with Crippen LogP contribution in [0, 0.1) is 12.8 Å². The van der Waals surface area contributed by atoms with Crippen LogP contribution >= 0.6 is 0 Å². The van der Waals surface area contributed by atoms with E-state index in [1.165, 1.54) is 12.8 Å². The average molecular weight is 406 g/mol. The predicted molar refractivity (Wildman–Crippen MR) is 107 cm³/mol. The second kappa shape index (κ2) is 7.78. The molecule has 0 unspecified atom stereocenters. The summed E-state index contributed by atoms with van der Waals surface area (Å²) >= 11 is 0. The van der Waals surface area contributed by atoms with Crippen LogP contribution < -0.4 is 9.47 Å². The number of nitrogens with zero attached hydrogens (tertiary/aromatic N) is 4. The van der Waals surface area contributed by atoms with Crippen LogP contribution in [0.3, 0.4) is 0 Å². The summed E-state index contributed by atoms with van der Waals surface area (Å²) in [5.41, 5.74) is 1.78. The largest absolute Gasteiger partial charge is 0.485 e. The van der Waals surface area contributed by atoms with Gasteiger partial charge in [-0.3, -0.25) is 4.79 Å². The summed E-state index contributed by atoms with van der Waals surface area (Å²) < 4.78 is 17.0. The Hall–Kier alpha value is -3.42. The standard InChI is InChI=1S/C22H22N4O4/c1-14-11-17(25-30-14)22(27)26-9-10-28-19-18(12-26)23-20(16-5-3-2-4-6-16)24-21(19)29-13-15-7-8-15/h2-6,11,15H,7-10,12-13H2,1H3. The molecule has 0 atom stereocenters. The van der Waals surface area contributed by atoms with Crippen molar-refractivity contribution in [2.24, 2.45) is 5.92 Å². The highest BCUT2D eigenvalue weighted by atomic mass is 16.5. The normalized spacial score (nSPS) is 15.8. The Morgan fingerprint density at radius 2 is 2.07 bits per heavy atom. The highest BCUT2D eigenvalue weighted by Gasteiger charge is 2.29. The molecule has 2 aromatic heterocycles. The first-order valence-electron chi connectivity index (χ1n) is 10.1. The van der Waals surface area contributed by atoms with Gasteiger partial charge in [0.1, 0.15) is 18.1 Å². The number of benzene rings is 1. The molecule has 0 radical (unpaired) electrons. The molecule has 1 amide bonds. The minimum atomic E-state index is -0.219. The van der Waals surface area contributed by atoms with Gasteiger partial charge in [0.25, 0.3) is 11.8 Å². The lowest BCUT2D eigenvalue weighted by molar-refractivity contribution is 0.0721. The van der Waals surface area contributed by atoms with Crippen molar-refractivity contribution in [1.29, 1.82) is 0 Å². The predicted octanol–water partition coefficient (Wildman–Crippen LogP) is 3.26. The molecule has 8 heteroatoms. The fraction of sp³-hybridized carbons (Fsp3) is 0.364. The Labute approximate surface area is 173 Å². The molecule has 30 heavy (non-hydrogen) atoms. The monoisotopic (exact) mass is 406 g/mol. The SMILES string of the molecule is Cc1cc(C(=O)N2CCOc3c(nc(-c4ccccc4)nc3OCC3CC3)C2)no1. The zero-order valence-corrected chi connectivity index (χ0v) is 16.7. The number of aryl methyl sites for hydroxylation is 1. The molecule has 0 N–H and O–H groups in total. The number of fused-ring (bicyclic) bond motifs is 1. The molecule has 8 nitrogen and oxygen atoms in total. The van der Waals surface area contributed by atoms with E-state index in [4.69, 9.17) is 19.0 Å². The summed E-state index contributed by atoms with van der Waals surface area (Å²) in [6.45, 7) is 3.38. The lowest BCUT2D eigenvalue weighted by atomic mass is 10.2. The number of rotatable bonds is 5. The summed E-state index contributed by atoms with van der Waals surface area (Å²) in [5, 5.41) is 3.85. The van der Waals surface area contributed by atoms with Gasteiger partial charge in [0, 0.05) is 11.6 Å². The molecule has 154 valence electrons. The number of hydrogen-bond donors (Lipinski definition) is 0. The van der Waals surface area contributed by atoms with E-state index in [2.05, 4.69) is 10.1 Å². The number of carbonyl (C=O) groups is 1. The lowest BCUT2D eigenvalue weighted by Gasteiger charge is -2.18. The van der Waals surface area contributed by atoms with E-state index in [9.17, 15) is 4.79 Å². The van der Waals surface area contributed by atoms with Crippen molar-refractivity contribution < 1.29 is 18.8 Å². The number of ether oxygens (including phenoxy) is 2. The second-order valence-corrected chi connectivity index (χ2v) is 7.65. The van der Waals surface area contributed by atoms with Crippen molar-refractivity contribution in [3.05, 3.63) is 53.5 Å². The van der Waals surface area contributed by atoms with Crippen molar-refractivity contribution in [2.75, 3.05) is 19.8 Å². The molecule has 1 aliphatic heterocycles. The molecular formula is C22H22N4O4. The van der Waals surface area contributed by atoms with Gasteiger partial charge < -0.3 is 18.9 Å². The van der Waals surface area contributed by atoms with Crippen molar-refractivity contribution in [1.82, 2.24) is 20.0 Å². The fourth-order valence-corrected chi connectivity index (χ4v) is 3.34. The van der Waals surface area contributed by atoms with Crippen LogP contribution in [0.4, 0.5) is 0 Å². The van der Waals surface area contributed by atoms with E-state index in [0.717, 1.165) is 5.56 Å². The van der Waals surface area contributed by atoms with Gasteiger partial charge in [-0.15, -0.1) is 0 Å². The first-order chi connectivity index (χ1) is 14.7. The molecule has 1 fully saturated rings. The van der Waals surface area contributed by atoms with Crippen LogP contribution in [-0.2, 0) is 6.54 Å². The zero-order valence-electron chi connectivity index (χ0n) is 16.7. The van der Waals surface area contributed by atoms with Crippen LogP contribution in [0.1, 0.15) is 34.8 Å². The third kappa shape index (κ3) is 3.85. The van der Waals surface area contributed by atoms with Gasteiger partial charge in [-0.2, -0.15) is 4.98 Å². The van der Waals surface area contributed by atoms with Gasteiger partial charge in [-0.25, -0.2) is 4.98 Å². The van der Waals surface area contributed by atoms with Gasteiger partial charge in [0.15, 0.2) is 11.5 Å². The molecule has 3 aromatic rings. The Kier molecular flexibility index (Phi) is 4.82. The second-order valence-electron chi connectivity index (χ2n) is 7.65. The Morgan fingerprint density at radius 1 is 1.23 bits per heavy atom. The highest BCUT2D eigenvalue weighted by molar-refractivity contribution is 5.92. The number of aromatic nitrogens is 3. The van der Waals surface area contributed by atoms with Gasteiger partial charge in [-0.05, 0) is 25.7 Å². The lowest BCUT2D eigenvalue weighted by Crippen LogP contribution is -2.32. The van der Waals surface area contributed by atoms with Gasteiger partial charge in [0.05, 0.1) is 19.7 Å². The van der Waals surface area contributed by atoms with Crippen molar-refractivity contribution in [3.8, 4) is 23.0 Å². The molecule has 5 rings (SSSR count). The molecule has 0 saturated heterocycles. The molecule has 2 aliphatic rings. The van der Waals surface area contributed by atoms with Gasteiger partial charge >= 0.3 is 0 Å². The van der Waals surface area contributed by atoms with E-state index in [1.807, 2.05) is 30.3 Å². The summed E-state index contributed by atoms with van der Waals surface area (Å²) in [6.07, 6.45) is 2.36. The smallest absolute Gasteiger partial charge is 0.276 e. The molecule has 0 bridgehead atoms. The number of amides is 1. The Morgan fingerprint density at radius 3 is 2.80 bits per heavy atom. The topological polar surface area (TPSA) is 90.6 Å². The van der Waals surface area contributed by atoms with Crippen LogP contribution in [0.15, 0.2) is 40.9 Å². The van der Waals surface area contributed by atoms with E-state index in [-0.39, 0.29) is 18.1 Å². The molecule has 1 aliphatic carbocycles. The van der Waals surface area contributed by atoms with E-state index in [0.29, 0.717) is 54.6 Å². The minimum absolute atomic E-state index is 0.219. The summed E-state index contributed by atoms with van der Waals surface area (Å²) in [7, 11) is 0. The van der Waals surface area contributed by atoms with Crippen LogP contribution in [0.25, 0.3) is 11.4 Å². The first kappa shape index (κ1) is 18.6. The van der Waals surface area contributed by atoms with E-state index >= 15 is 0 Å². The van der Waals surface area contributed by atoms with Crippen molar-refractivity contribution >= 4 is 5.91 Å². The Bertz CT molecular complexity index is 1060. The van der Waals surface area contributed by atoms with E-state index < -0.39 is 0 Å². The average Bonchev–Trinajstić information content (AvgIpc) is 3.54. The van der Waals surface area contributed by atoms with Gasteiger partial charge in [-0.1, -0.05) is 35.5 Å². The number of carbonyl (C=O) groups excluding carboxylic acids is 1. The molecule has 1 aromatic carbocycles. The fourth-order valence-electron chi connectivity index (χ4n) is 3.34.